The zero-order valence-corrected chi connectivity index (χ0v) is 11.0. The van der Waals surface area contributed by atoms with E-state index < -0.39 is 5.76 Å². The topological polar surface area (TPSA) is 68.1 Å². The minimum Gasteiger partial charge on any atom is -0.485 e. The predicted molar refractivity (Wildman–Crippen MR) is 65.1 cm³/mol. The lowest BCUT2D eigenvalue weighted by molar-refractivity contribution is 0.282. The van der Waals surface area contributed by atoms with Crippen LogP contribution in [0.15, 0.2) is 25.9 Å². The number of aromatic amines is 1. The maximum absolute atomic E-state index is 10.7. The van der Waals surface area contributed by atoms with Crippen molar-refractivity contribution in [1.82, 2.24) is 10.1 Å². The van der Waals surface area contributed by atoms with Gasteiger partial charge in [0.2, 0.25) is 0 Å². The van der Waals surface area contributed by atoms with Crippen molar-refractivity contribution in [3.05, 3.63) is 44.1 Å². The van der Waals surface area contributed by atoms with Gasteiger partial charge in [-0.25, -0.2) is 4.79 Å². The van der Waals surface area contributed by atoms with Crippen molar-refractivity contribution in [3.8, 4) is 5.75 Å². The first-order valence-electron chi connectivity index (χ1n) is 5.00. The van der Waals surface area contributed by atoms with Crippen molar-refractivity contribution in [2.24, 2.45) is 0 Å². The second kappa shape index (κ2) is 4.75. The Morgan fingerprint density at radius 3 is 2.59 bits per heavy atom. The first-order chi connectivity index (χ1) is 8.06. The van der Waals surface area contributed by atoms with Crippen molar-refractivity contribution in [3.63, 3.8) is 0 Å². The Balaban J connectivity index is 2.16. The van der Waals surface area contributed by atoms with Crippen LogP contribution in [0, 0.1) is 13.8 Å². The van der Waals surface area contributed by atoms with E-state index in [-0.39, 0.29) is 6.61 Å². The van der Waals surface area contributed by atoms with E-state index in [9.17, 15) is 4.79 Å². The highest BCUT2D eigenvalue weighted by Crippen LogP contribution is 2.27. The van der Waals surface area contributed by atoms with Crippen LogP contribution in [-0.4, -0.2) is 10.1 Å². The predicted octanol–water partition coefficient (Wildman–Crippen LogP) is 2.32. The van der Waals surface area contributed by atoms with Gasteiger partial charge in [-0.2, -0.15) is 0 Å². The number of rotatable bonds is 3. The van der Waals surface area contributed by atoms with Gasteiger partial charge < -0.3 is 4.74 Å². The molecule has 0 aliphatic heterocycles. The summed E-state index contributed by atoms with van der Waals surface area (Å²) in [5.41, 5.74) is 2.03. The fourth-order valence-electron chi connectivity index (χ4n) is 1.59. The Labute approximate surface area is 106 Å². The van der Waals surface area contributed by atoms with Gasteiger partial charge in [0.1, 0.15) is 12.4 Å². The number of hydrogen-bond donors (Lipinski definition) is 1. The van der Waals surface area contributed by atoms with E-state index >= 15 is 0 Å². The van der Waals surface area contributed by atoms with Gasteiger partial charge in [0, 0.05) is 4.47 Å². The lowest BCUT2D eigenvalue weighted by atomic mass is 10.1. The highest BCUT2D eigenvalue weighted by Gasteiger charge is 2.07. The number of hydrogen-bond acceptors (Lipinski definition) is 4. The summed E-state index contributed by atoms with van der Waals surface area (Å²) in [6.07, 6.45) is 0. The standard InChI is InChI=1S/C11H11BrN2O3/c1-6-3-8(12)4-7(2)10(6)16-5-9-13-11(15)17-14-9/h3-4H,5H2,1-2H3,(H,13,14,15). The van der Waals surface area contributed by atoms with E-state index in [0.717, 1.165) is 21.3 Å². The molecule has 0 saturated carbocycles. The van der Waals surface area contributed by atoms with Crippen molar-refractivity contribution in [2.75, 3.05) is 0 Å². The molecule has 0 spiro atoms. The molecule has 0 fully saturated rings. The molecule has 1 N–H and O–H groups in total. The van der Waals surface area contributed by atoms with Gasteiger partial charge in [-0.05, 0) is 37.1 Å². The molecule has 0 radical (unpaired) electrons. The number of aryl methyl sites for hydroxylation is 2. The van der Waals surface area contributed by atoms with Crippen LogP contribution in [0.5, 0.6) is 5.75 Å². The van der Waals surface area contributed by atoms with Gasteiger partial charge in [-0.3, -0.25) is 9.51 Å². The fourth-order valence-corrected chi connectivity index (χ4v) is 2.27. The van der Waals surface area contributed by atoms with Crippen molar-refractivity contribution < 1.29 is 9.26 Å². The molecule has 0 bridgehead atoms. The number of aromatic nitrogens is 2. The average Bonchev–Trinajstić information content (AvgIpc) is 2.62. The van der Waals surface area contributed by atoms with Crippen molar-refractivity contribution in [1.29, 1.82) is 0 Å². The minimum absolute atomic E-state index is 0.176. The van der Waals surface area contributed by atoms with Gasteiger partial charge in [0.15, 0.2) is 5.82 Å². The Morgan fingerprint density at radius 1 is 1.41 bits per heavy atom. The summed E-state index contributed by atoms with van der Waals surface area (Å²) >= 11 is 3.42. The Morgan fingerprint density at radius 2 is 2.06 bits per heavy atom. The zero-order valence-electron chi connectivity index (χ0n) is 9.41. The smallest absolute Gasteiger partial charge is 0.439 e. The molecule has 0 atom stereocenters. The molecule has 6 heteroatoms. The highest BCUT2D eigenvalue weighted by atomic mass is 79.9. The van der Waals surface area contributed by atoms with Crippen LogP contribution in [0.4, 0.5) is 0 Å². The van der Waals surface area contributed by atoms with E-state index in [1.165, 1.54) is 0 Å². The van der Waals surface area contributed by atoms with E-state index in [2.05, 4.69) is 30.6 Å². The first kappa shape index (κ1) is 11.9. The number of benzene rings is 1. The molecule has 1 aromatic carbocycles. The number of ether oxygens (including phenoxy) is 1. The molecule has 0 aliphatic carbocycles. The van der Waals surface area contributed by atoms with Gasteiger partial charge in [-0.1, -0.05) is 21.1 Å². The van der Waals surface area contributed by atoms with E-state index in [1.54, 1.807) is 0 Å². The van der Waals surface area contributed by atoms with Gasteiger partial charge >= 0.3 is 5.76 Å². The average molecular weight is 299 g/mol. The molecule has 90 valence electrons. The molecule has 0 saturated heterocycles. The summed E-state index contributed by atoms with van der Waals surface area (Å²) in [6.45, 7) is 4.09. The third kappa shape index (κ3) is 2.76. The van der Waals surface area contributed by atoms with Crippen molar-refractivity contribution >= 4 is 15.9 Å². The van der Waals surface area contributed by atoms with Crippen LogP contribution in [0.3, 0.4) is 0 Å². The van der Waals surface area contributed by atoms with Crippen LogP contribution in [0.25, 0.3) is 0 Å². The molecule has 0 unspecified atom stereocenters. The molecular formula is C11H11BrN2O3. The fraction of sp³-hybridized carbons (Fsp3) is 0.273. The zero-order chi connectivity index (χ0) is 12.4. The molecule has 0 amide bonds. The van der Waals surface area contributed by atoms with Crippen LogP contribution >= 0.6 is 15.9 Å². The Hall–Kier alpha value is -1.56. The summed E-state index contributed by atoms with van der Waals surface area (Å²) in [5, 5.41) is 3.53. The maximum Gasteiger partial charge on any atom is 0.439 e. The van der Waals surface area contributed by atoms with E-state index in [0.29, 0.717) is 5.82 Å². The first-order valence-corrected chi connectivity index (χ1v) is 5.80. The molecule has 2 aromatic rings. The molecule has 5 nitrogen and oxygen atoms in total. The van der Waals surface area contributed by atoms with Gasteiger partial charge in [-0.15, -0.1) is 0 Å². The lowest BCUT2D eigenvalue weighted by Gasteiger charge is -2.11. The monoisotopic (exact) mass is 298 g/mol. The second-order valence-electron chi connectivity index (χ2n) is 3.70. The van der Waals surface area contributed by atoms with Gasteiger partial charge in [0.05, 0.1) is 0 Å². The maximum atomic E-state index is 10.7. The molecular weight excluding hydrogens is 288 g/mol. The summed E-state index contributed by atoms with van der Waals surface area (Å²) in [4.78, 5) is 13.2. The molecule has 1 aromatic heterocycles. The van der Waals surface area contributed by atoms with Crippen LogP contribution in [-0.2, 0) is 6.61 Å². The Bertz CT molecular complexity index is 565. The van der Waals surface area contributed by atoms with Crippen LogP contribution in [0.1, 0.15) is 17.0 Å². The third-order valence-corrected chi connectivity index (χ3v) is 2.72. The summed E-state index contributed by atoms with van der Waals surface area (Å²) in [6, 6.07) is 3.93. The lowest BCUT2D eigenvalue weighted by Crippen LogP contribution is -2.03. The molecule has 2 rings (SSSR count). The van der Waals surface area contributed by atoms with E-state index in [1.807, 2.05) is 26.0 Å². The number of nitrogens with one attached hydrogen (secondary N) is 1. The summed E-state index contributed by atoms with van der Waals surface area (Å²) in [7, 11) is 0. The molecule has 0 aliphatic rings. The van der Waals surface area contributed by atoms with Crippen LogP contribution < -0.4 is 10.5 Å². The number of halogens is 1. The largest absolute Gasteiger partial charge is 0.485 e. The minimum atomic E-state index is -0.576. The number of H-pyrrole nitrogens is 1. The second-order valence-corrected chi connectivity index (χ2v) is 4.61. The summed E-state index contributed by atoms with van der Waals surface area (Å²) < 4.78 is 11.0. The van der Waals surface area contributed by atoms with Crippen molar-refractivity contribution in [2.45, 2.75) is 20.5 Å². The number of nitrogens with zero attached hydrogens (tertiary/aromatic N) is 1. The SMILES string of the molecule is Cc1cc(Br)cc(C)c1OCc1noc(=O)[nH]1. The van der Waals surface area contributed by atoms with Gasteiger partial charge in [0.25, 0.3) is 0 Å². The quantitative estimate of drug-likeness (QED) is 0.944. The highest BCUT2D eigenvalue weighted by molar-refractivity contribution is 9.10. The van der Waals surface area contributed by atoms with E-state index in [4.69, 9.17) is 4.74 Å². The molecule has 1 heterocycles. The Kier molecular flexibility index (Phi) is 3.33. The third-order valence-electron chi connectivity index (χ3n) is 2.26. The van der Waals surface area contributed by atoms with Crippen LogP contribution in [0.2, 0.25) is 0 Å². The molecule has 17 heavy (non-hydrogen) atoms. The normalized spacial score (nSPS) is 10.5. The summed E-state index contributed by atoms with van der Waals surface area (Å²) in [5.74, 6) is 0.585.